The van der Waals surface area contributed by atoms with E-state index in [-0.39, 0.29) is 17.4 Å². The molecular weight excluding hydrogens is 545 g/mol. The molecule has 0 amide bonds. The molecule has 0 N–H and O–H groups in total. The van der Waals surface area contributed by atoms with Crippen molar-refractivity contribution >= 4 is 49.8 Å². The Balaban J connectivity index is 1.59. The molecule has 0 atom stereocenters. The zero-order chi connectivity index (χ0) is 22.7. The van der Waals surface area contributed by atoms with Gasteiger partial charge in [0.15, 0.2) is 17.2 Å². The predicted molar refractivity (Wildman–Crippen MR) is 126 cm³/mol. The van der Waals surface area contributed by atoms with Crippen molar-refractivity contribution < 1.29 is 23.4 Å². The summed E-state index contributed by atoms with van der Waals surface area (Å²) >= 11 is 7.03. The molecule has 3 aromatic carbocycles. The van der Waals surface area contributed by atoms with Gasteiger partial charge in [0, 0.05) is 15.6 Å². The SMILES string of the molecule is COc1cc(/C=C2\N=C(c3ccc(F)cc3)OC2=O)cc(Br)c1OCc1ccccc1Br. The Kier molecular flexibility index (Phi) is 6.72. The summed E-state index contributed by atoms with van der Waals surface area (Å²) < 4.78 is 31.5. The summed E-state index contributed by atoms with van der Waals surface area (Å²) in [6.45, 7) is 0.342. The number of ether oxygens (including phenoxy) is 3. The van der Waals surface area contributed by atoms with Crippen molar-refractivity contribution in [2.75, 3.05) is 7.11 Å². The van der Waals surface area contributed by atoms with Crippen molar-refractivity contribution in [3.05, 3.63) is 97.8 Å². The van der Waals surface area contributed by atoms with Gasteiger partial charge in [-0.25, -0.2) is 14.2 Å². The second-order valence-electron chi connectivity index (χ2n) is 6.76. The molecule has 0 saturated heterocycles. The molecule has 1 heterocycles. The molecule has 0 spiro atoms. The van der Waals surface area contributed by atoms with E-state index in [9.17, 15) is 9.18 Å². The fourth-order valence-corrected chi connectivity index (χ4v) is 3.98. The summed E-state index contributed by atoms with van der Waals surface area (Å²) in [5.41, 5.74) is 2.29. The molecule has 1 aliphatic rings. The van der Waals surface area contributed by atoms with Crippen LogP contribution in [0.3, 0.4) is 0 Å². The Bertz CT molecular complexity index is 1240. The van der Waals surface area contributed by atoms with Crippen LogP contribution in [0, 0.1) is 5.82 Å². The van der Waals surface area contributed by atoms with Gasteiger partial charge in [-0.15, -0.1) is 0 Å². The van der Waals surface area contributed by atoms with E-state index in [0.29, 0.717) is 33.7 Å². The summed E-state index contributed by atoms with van der Waals surface area (Å²) in [5.74, 6) is 0.185. The average molecular weight is 561 g/mol. The molecule has 4 rings (SSSR count). The minimum Gasteiger partial charge on any atom is -0.493 e. The highest BCUT2D eigenvalue weighted by Gasteiger charge is 2.24. The van der Waals surface area contributed by atoms with Crippen LogP contribution < -0.4 is 9.47 Å². The third kappa shape index (κ3) is 4.92. The molecular formula is C24H16Br2FNO4. The maximum absolute atomic E-state index is 13.1. The van der Waals surface area contributed by atoms with Crippen molar-refractivity contribution in [2.45, 2.75) is 6.61 Å². The maximum atomic E-state index is 13.1. The van der Waals surface area contributed by atoms with Crippen LogP contribution in [-0.2, 0) is 16.1 Å². The molecule has 0 aliphatic carbocycles. The van der Waals surface area contributed by atoms with Crippen molar-refractivity contribution in [1.29, 1.82) is 0 Å². The number of nitrogens with zero attached hydrogens (tertiary/aromatic N) is 1. The van der Waals surface area contributed by atoms with E-state index in [1.165, 1.54) is 24.3 Å². The monoisotopic (exact) mass is 559 g/mol. The summed E-state index contributed by atoms with van der Waals surface area (Å²) in [4.78, 5) is 16.5. The molecule has 32 heavy (non-hydrogen) atoms. The largest absolute Gasteiger partial charge is 0.493 e. The van der Waals surface area contributed by atoms with E-state index >= 15 is 0 Å². The normalized spacial score (nSPS) is 14.3. The lowest BCUT2D eigenvalue weighted by Gasteiger charge is -2.14. The van der Waals surface area contributed by atoms with Crippen molar-refractivity contribution in [3.8, 4) is 11.5 Å². The Hall–Kier alpha value is -2.97. The minimum absolute atomic E-state index is 0.125. The van der Waals surface area contributed by atoms with Gasteiger partial charge in [-0.2, -0.15) is 0 Å². The number of methoxy groups -OCH3 is 1. The third-order valence-corrected chi connectivity index (χ3v) is 5.96. The lowest BCUT2D eigenvalue weighted by molar-refractivity contribution is -0.129. The second-order valence-corrected chi connectivity index (χ2v) is 8.47. The van der Waals surface area contributed by atoms with Crippen LogP contribution in [0.15, 0.2) is 80.3 Å². The van der Waals surface area contributed by atoms with E-state index in [1.54, 1.807) is 25.3 Å². The van der Waals surface area contributed by atoms with Crippen LogP contribution in [0.4, 0.5) is 4.39 Å². The van der Waals surface area contributed by atoms with Crippen molar-refractivity contribution in [1.82, 2.24) is 0 Å². The van der Waals surface area contributed by atoms with Gasteiger partial charge < -0.3 is 14.2 Å². The van der Waals surface area contributed by atoms with Gasteiger partial charge in [-0.05, 0) is 70.0 Å². The molecule has 0 unspecified atom stereocenters. The van der Waals surface area contributed by atoms with Crippen molar-refractivity contribution in [2.24, 2.45) is 4.99 Å². The number of hydrogen-bond donors (Lipinski definition) is 0. The number of benzene rings is 3. The number of cyclic esters (lactones) is 1. The first-order valence-corrected chi connectivity index (χ1v) is 11.1. The zero-order valence-corrected chi connectivity index (χ0v) is 19.9. The highest BCUT2D eigenvalue weighted by molar-refractivity contribution is 9.10. The van der Waals surface area contributed by atoms with E-state index < -0.39 is 5.97 Å². The standard InChI is InChI=1S/C24H16Br2FNO4/c1-30-21-12-14(10-19(26)22(21)31-13-16-4-2-3-5-18(16)25)11-20-24(29)32-23(28-20)15-6-8-17(27)9-7-15/h2-12H,13H2,1H3/b20-11-. The van der Waals surface area contributed by atoms with Gasteiger partial charge in [0.05, 0.1) is 11.6 Å². The number of halogens is 3. The molecule has 8 heteroatoms. The number of hydrogen-bond acceptors (Lipinski definition) is 5. The first-order chi connectivity index (χ1) is 15.4. The highest BCUT2D eigenvalue weighted by atomic mass is 79.9. The smallest absolute Gasteiger partial charge is 0.363 e. The fourth-order valence-electron chi connectivity index (χ4n) is 3.01. The lowest BCUT2D eigenvalue weighted by Crippen LogP contribution is -2.05. The molecule has 0 aromatic heterocycles. The quantitative estimate of drug-likeness (QED) is 0.263. The summed E-state index contributed by atoms with van der Waals surface area (Å²) in [7, 11) is 1.54. The molecule has 0 radical (unpaired) electrons. The fraction of sp³-hybridized carbons (Fsp3) is 0.0833. The Labute approximate surface area is 200 Å². The number of carbonyl (C=O) groups is 1. The van der Waals surface area contributed by atoms with Gasteiger partial charge in [0.1, 0.15) is 12.4 Å². The maximum Gasteiger partial charge on any atom is 0.363 e. The summed E-state index contributed by atoms with van der Waals surface area (Å²) in [5, 5.41) is 0. The molecule has 0 saturated carbocycles. The topological polar surface area (TPSA) is 57.1 Å². The number of aliphatic imine (C=N–C) groups is 1. The van der Waals surface area contributed by atoms with E-state index in [4.69, 9.17) is 14.2 Å². The molecule has 162 valence electrons. The van der Waals surface area contributed by atoms with Crippen LogP contribution >= 0.6 is 31.9 Å². The third-order valence-electron chi connectivity index (χ3n) is 4.60. The van der Waals surface area contributed by atoms with E-state index in [2.05, 4.69) is 36.9 Å². The van der Waals surface area contributed by atoms with E-state index in [1.807, 2.05) is 24.3 Å². The molecule has 0 fully saturated rings. The van der Waals surface area contributed by atoms with E-state index in [0.717, 1.165) is 10.0 Å². The molecule has 1 aliphatic heterocycles. The first-order valence-electron chi connectivity index (χ1n) is 9.47. The van der Waals surface area contributed by atoms with Crippen LogP contribution in [-0.4, -0.2) is 19.0 Å². The summed E-state index contributed by atoms with van der Waals surface area (Å²) in [6, 6.07) is 16.9. The number of esters is 1. The van der Waals surface area contributed by atoms with Gasteiger partial charge in [0.2, 0.25) is 5.90 Å². The summed E-state index contributed by atoms with van der Waals surface area (Å²) in [6.07, 6.45) is 1.59. The Morgan fingerprint density at radius 1 is 1.06 bits per heavy atom. The van der Waals surface area contributed by atoms with Crippen LogP contribution in [0.5, 0.6) is 11.5 Å². The average Bonchev–Trinajstić information content (AvgIpc) is 3.14. The Morgan fingerprint density at radius 2 is 1.81 bits per heavy atom. The molecule has 0 bridgehead atoms. The number of rotatable bonds is 6. The van der Waals surface area contributed by atoms with Gasteiger partial charge in [0.25, 0.3) is 0 Å². The lowest BCUT2D eigenvalue weighted by atomic mass is 10.1. The first kappa shape index (κ1) is 22.2. The highest BCUT2D eigenvalue weighted by Crippen LogP contribution is 2.38. The van der Waals surface area contributed by atoms with Crippen LogP contribution in [0.1, 0.15) is 16.7 Å². The predicted octanol–water partition coefficient (Wildman–Crippen LogP) is 6.28. The second kappa shape index (κ2) is 9.67. The van der Waals surface area contributed by atoms with Gasteiger partial charge in [-0.1, -0.05) is 34.1 Å². The Morgan fingerprint density at radius 3 is 2.53 bits per heavy atom. The van der Waals surface area contributed by atoms with Crippen molar-refractivity contribution in [3.63, 3.8) is 0 Å². The number of carbonyl (C=O) groups excluding carboxylic acids is 1. The molecule has 3 aromatic rings. The minimum atomic E-state index is -0.589. The van der Waals surface area contributed by atoms with Gasteiger partial charge in [-0.3, -0.25) is 0 Å². The molecule has 5 nitrogen and oxygen atoms in total. The van der Waals surface area contributed by atoms with Crippen LogP contribution in [0.25, 0.3) is 6.08 Å². The zero-order valence-electron chi connectivity index (χ0n) is 16.8. The van der Waals surface area contributed by atoms with Gasteiger partial charge >= 0.3 is 5.97 Å². The van der Waals surface area contributed by atoms with Crippen LogP contribution in [0.2, 0.25) is 0 Å².